The number of aliphatic hydroxyl groups excluding tert-OH is 1. The molecule has 2 aromatic rings. The third-order valence-electron chi connectivity index (χ3n) is 2.45. The summed E-state index contributed by atoms with van der Waals surface area (Å²) < 4.78 is 1.59. The van der Waals surface area contributed by atoms with Crippen LogP contribution in [0.5, 0.6) is 0 Å². The predicted molar refractivity (Wildman–Crippen MR) is 65.1 cm³/mol. The van der Waals surface area contributed by atoms with Crippen LogP contribution in [-0.2, 0) is 0 Å². The molecule has 0 saturated carbocycles. The van der Waals surface area contributed by atoms with Crippen LogP contribution >= 0.6 is 11.6 Å². The zero-order chi connectivity index (χ0) is 12.4. The van der Waals surface area contributed by atoms with Crippen molar-refractivity contribution in [1.29, 1.82) is 0 Å². The van der Waals surface area contributed by atoms with E-state index in [9.17, 15) is 0 Å². The third kappa shape index (κ3) is 2.46. The molecule has 5 nitrogen and oxygen atoms in total. The van der Waals surface area contributed by atoms with Gasteiger partial charge in [-0.2, -0.15) is 5.10 Å². The van der Waals surface area contributed by atoms with E-state index in [1.54, 1.807) is 36.1 Å². The predicted octanol–water partition coefficient (Wildman–Crippen LogP) is 1.22. The zero-order valence-corrected chi connectivity index (χ0v) is 10.1. The number of aromatic nitrogens is 3. The molecule has 0 radical (unpaired) electrons. The van der Waals surface area contributed by atoms with E-state index in [2.05, 4.69) is 10.1 Å². The number of halogens is 1. The van der Waals surface area contributed by atoms with Gasteiger partial charge in [-0.25, -0.2) is 9.67 Å². The van der Waals surface area contributed by atoms with Crippen LogP contribution in [0.25, 0.3) is 5.69 Å². The van der Waals surface area contributed by atoms with Gasteiger partial charge in [-0.3, -0.25) is 0 Å². The fourth-order valence-electron chi connectivity index (χ4n) is 1.50. The monoisotopic (exact) mass is 252 g/mol. The van der Waals surface area contributed by atoms with Crippen LogP contribution in [0.1, 0.15) is 17.4 Å². The van der Waals surface area contributed by atoms with E-state index in [-0.39, 0.29) is 6.61 Å². The molecule has 1 heterocycles. The normalized spacial score (nSPS) is 12.7. The fourth-order valence-corrected chi connectivity index (χ4v) is 1.71. The van der Waals surface area contributed by atoms with Crippen molar-refractivity contribution in [2.45, 2.75) is 13.0 Å². The van der Waals surface area contributed by atoms with Crippen LogP contribution in [0.3, 0.4) is 0 Å². The van der Waals surface area contributed by atoms with E-state index in [0.29, 0.717) is 16.5 Å². The maximum absolute atomic E-state index is 9.03. The van der Waals surface area contributed by atoms with Crippen molar-refractivity contribution in [2.24, 2.45) is 5.73 Å². The Kier molecular flexibility index (Phi) is 3.42. The van der Waals surface area contributed by atoms with Gasteiger partial charge in [0, 0.05) is 0 Å². The molecule has 1 atom stereocenters. The van der Waals surface area contributed by atoms with Crippen molar-refractivity contribution in [3.05, 3.63) is 40.9 Å². The van der Waals surface area contributed by atoms with Gasteiger partial charge in [-0.15, -0.1) is 0 Å². The van der Waals surface area contributed by atoms with Gasteiger partial charge in [0.15, 0.2) is 0 Å². The second kappa shape index (κ2) is 4.83. The maximum atomic E-state index is 9.03. The average Bonchev–Trinajstić information content (AvgIpc) is 2.75. The van der Waals surface area contributed by atoms with E-state index in [1.165, 1.54) is 0 Å². The number of aliphatic hydroxyl groups is 1. The van der Waals surface area contributed by atoms with Gasteiger partial charge >= 0.3 is 0 Å². The lowest BCUT2D eigenvalue weighted by atomic mass is 10.1. The highest BCUT2D eigenvalue weighted by atomic mass is 35.5. The highest BCUT2D eigenvalue weighted by Gasteiger charge is 2.10. The summed E-state index contributed by atoms with van der Waals surface area (Å²) in [4.78, 5) is 4.04. The Hall–Kier alpha value is -1.43. The highest BCUT2D eigenvalue weighted by Crippen LogP contribution is 2.23. The Morgan fingerprint density at radius 1 is 1.53 bits per heavy atom. The lowest BCUT2D eigenvalue weighted by Crippen LogP contribution is -2.14. The number of aryl methyl sites for hydroxylation is 1. The molecule has 0 bridgehead atoms. The van der Waals surface area contributed by atoms with Crippen molar-refractivity contribution in [1.82, 2.24) is 14.8 Å². The molecule has 0 aliphatic rings. The Morgan fingerprint density at radius 2 is 2.29 bits per heavy atom. The van der Waals surface area contributed by atoms with Gasteiger partial charge in [0.05, 0.1) is 23.4 Å². The quantitative estimate of drug-likeness (QED) is 0.861. The summed E-state index contributed by atoms with van der Waals surface area (Å²) in [6, 6.07) is 4.91. The minimum absolute atomic E-state index is 0.114. The molecule has 6 heteroatoms. The lowest BCUT2D eigenvalue weighted by molar-refractivity contribution is 0.268. The first-order valence-corrected chi connectivity index (χ1v) is 5.54. The van der Waals surface area contributed by atoms with Crippen LogP contribution < -0.4 is 5.73 Å². The maximum Gasteiger partial charge on any atom is 0.147 e. The van der Waals surface area contributed by atoms with Crippen molar-refractivity contribution in [3.63, 3.8) is 0 Å². The van der Waals surface area contributed by atoms with Crippen molar-refractivity contribution in [3.8, 4) is 5.69 Å². The van der Waals surface area contributed by atoms with E-state index in [1.807, 2.05) is 0 Å². The molecule has 0 amide bonds. The summed E-state index contributed by atoms with van der Waals surface area (Å²) >= 11 is 6.10. The number of nitrogens with two attached hydrogens (primary N) is 1. The van der Waals surface area contributed by atoms with Crippen molar-refractivity contribution >= 4 is 11.6 Å². The molecule has 0 aliphatic heterocycles. The first-order valence-electron chi connectivity index (χ1n) is 5.16. The summed E-state index contributed by atoms with van der Waals surface area (Å²) in [5.74, 6) is 0.665. The van der Waals surface area contributed by atoms with Gasteiger partial charge in [-0.05, 0) is 24.6 Å². The number of hydrogen-bond acceptors (Lipinski definition) is 4. The average molecular weight is 253 g/mol. The molecule has 1 aromatic heterocycles. The molecule has 17 heavy (non-hydrogen) atoms. The minimum atomic E-state index is -0.421. The summed E-state index contributed by atoms with van der Waals surface area (Å²) in [5, 5.41) is 13.8. The van der Waals surface area contributed by atoms with E-state index in [0.717, 1.165) is 5.56 Å². The summed E-state index contributed by atoms with van der Waals surface area (Å²) in [7, 11) is 0. The minimum Gasteiger partial charge on any atom is -0.394 e. The van der Waals surface area contributed by atoms with Gasteiger partial charge < -0.3 is 10.8 Å². The van der Waals surface area contributed by atoms with Gasteiger partial charge in [0.25, 0.3) is 0 Å². The second-order valence-electron chi connectivity index (χ2n) is 3.74. The highest BCUT2D eigenvalue weighted by molar-refractivity contribution is 6.32. The Labute approximate surface area is 104 Å². The molecule has 1 aromatic carbocycles. The standard InChI is InChI=1S/C11H13ClN4O/c1-7-14-6-16(15-7)11-4-8(10(13)5-17)2-3-9(11)12/h2-4,6,10,17H,5,13H2,1H3/t10-/m1/s1. The summed E-state index contributed by atoms with van der Waals surface area (Å²) in [6.07, 6.45) is 1.59. The van der Waals surface area contributed by atoms with Crippen LogP contribution in [0.4, 0.5) is 0 Å². The second-order valence-corrected chi connectivity index (χ2v) is 4.14. The number of hydrogen-bond donors (Lipinski definition) is 2. The first kappa shape index (κ1) is 12.0. The molecule has 0 spiro atoms. The van der Waals surface area contributed by atoms with E-state index >= 15 is 0 Å². The van der Waals surface area contributed by atoms with Crippen LogP contribution in [0.2, 0.25) is 5.02 Å². The molecular weight excluding hydrogens is 240 g/mol. The summed E-state index contributed by atoms with van der Waals surface area (Å²) in [6.45, 7) is 1.69. The smallest absolute Gasteiger partial charge is 0.147 e. The topological polar surface area (TPSA) is 77.0 Å². The Bertz CT molecular complexity index is 526. The van der Waals surface area contributed by atoms with E-state index in [4.69, 9.17) is 22.4 Å². The molecule has 2 rings (SSSR count). The van der Waals surface area contributed by atoms with E-state index < -0.39 is 6.04 Å². The fraction of sp³-hybridized carbons (Fsp3) is 0.273. The first-order chi connectivity index (χ1) is 8.11. The zero-order valence-electron chi connectivity index (χ0n) is 9.34. The van der Waals surface area contributed by atoms with Crippen molar-refractivity contribution in [2.75, 3.05) is 6.61 Å². The molecule has 90 valence electrons. The van der Waals surface area contributed by atoms with Crippen molar-refractivity contribution < 1.29 is 5.11 Å². The Morgan fingerprint density at radius 3 is 2.88 bits per heavy atom. The van der Waals surface area contributed by atoms with Crippen LogP contribution in [0, 0.1) is 6.92 Å². The van der Waals surface area contributed by atoms with Gasteiger partial charge in [0.2, 0.25) is 0 Å². The van der Waals surface area contributed by atoms with Crippen LogP contribution in [0.15, 0.2) is 24.5 Å². The summed E-state index contributed by atoms with van der Waals surface area (Å²) in [5.41, 5.74) is 7.27. The Balaban J connectivity index is 2.46. The molecular formula is C11H13ClN4O. The third-order valence-corrected chi connectivity index (χ3v) is 2.77. The molecule has 3 N–H and O–H groups in total. The largest absolute Gasteiger partial charge is 0.394 e. The van der Waals surface area contributed by atoms with Crippen LogP contribution in [-0.4, -0.2) is 26.5 Å². The number of benzene rings is 1. The molecule has 0 aliphatic carbocycles. The number of nitrogens with zero attached hydrogens (tertiary/aromatic N) is 3. The van der Waals surface area contributed by atoms with Gasteiger partial charge in [0.1, 0.15) is 12.2 Å². The molecule has 0 fully saturated rings. The molecule has 0 saturated heterocycles. The number of rotatable bonds is 3. The van der Waals surface area contributed by atoms with Gasteiger partial charge in [-0.1, -0.05) is 17.7 Å². The SMILES string of the molecule is Cc1ncn(-c2cc([C@H](N)CO)ccc2Cl)n1. The molecule has 0 unspecified atom stereocenters. The lowest BCUT2D eigenvalue weighted by Gasteiger charge is -2.11.